The Morgan fingerprint density at radius 1 is 0.967 bits per heavy atom. The van der Waals surface area contributed by atoms with Gasteiger partial charge in [-0.05, 0) is 61.7 Å². The Hall–Kier alpha value is -2.08. The summed E-state index contributed by atoms with van der Waals surface area (Å²) < 4.78 is 83.4. The average Bonchev–Trinajstić information content (AvgIpc) is 3.23. The highest BCUT2D eigenvalue weighted by molar-refractivity contribution is 7.89. The minimum Gasteiger partial charge on any atom is -0.435 e. The van der Waals surface area contributed by atoms with Crippen LogP contribution in [0.1, 0.15) is 31.4 Å². The maximum absolute atomic E-state index is 12.7. The molecule has 1 fully saturated rings. The first-order valence-electron chi connectivity index (χ1n) is 9.27. The smallest absolute Gasteiger partial charge is 0.387 e. The molecule has 164 valence electrons. The Labute approximate surface area is 174 Å². The van der Waals surface area contributed by atoms with E-state index >= 15 is 0 Å². The standard InChI is InChI=1S/C19H22F2N2O5S2/c1-14(15-5-4-6-16(13-15)28-19(20)21)22-29(24,25)17-7-9-18(10-8-17)30(26,27)23-11-2-3-12-23/h4-10,13-14,19,22H,2-3,11-12H2,1H3. The molecule has 1 heterocycles. The van der Waals surface area contributed by atoms with Crippen LogP contribution in [0.4, 0.5) is 8.78 Å². The zero-order chi connectivity index (χ0) is 21.9. The van der Waals surface area contributed by atoms with Crippen LogP contribution in [0.15, 0.2) is 58.3 Å². The van der Waals surface area contributed by atoms with Crippen molar-refractivity contribution in [3.05, 3.63) is 54.1 Å². The SMILES string of the molecule is CC(NS(=O)(=O)c1ccc(S(=O)(=O)N2CCCC2)cc1)c1cccc(OC(F)F)c1. The van der Waals surface area contributed by atoms with Gasteiger partial charge in [0.15, 0.2) is 0 Å². The fraction of sp³-hybridized carbons (Fsp3) is 0.368. The Kier molecular flexibility index (Phi) is 6.75. The van der Waals surface area contributed by atoms with Gasteiger partial charge in [0.05, 0.1) is 9.79 Å². The number of alkyl halides is 2. The van der Waals surface area contributed by atoms with Crippen LogP contribution in [0.25, 0.3) is 0 Å². The van der Waals surface area contributed by atoms with Gasteiger partial charge >= 0.3 is 6.61 Å². The molecule has 1 unspecified atom stereocenters. The van der Waals surface area contributed by atoms with Gasteiger partial charge in [0.25, 0.3) is 0 Å². The lowest BCUT2D eigenvalue weighted by Gasteiger charge is -2.17. The van der Waals surface area contributed by atoms with Gasteiger partial charge in [-0.1, -0.05) is 12.1 Å². The molecule has 0 spiro atoms. The highest BCUT2D eigenvalue weighted by atomic mass is 32.2. The maximum atomic E-state index is 12.7. The van der Waals surface area contributed by atoms with Gasteiger partial charge < -0.3 is 4.74 Å². The number of benzene rings is 2. The molecule has 7 nitrogen and oxygen atoms in total. The first-order valence-corrected chi connectivity index (χ1v) is 12.2. The quantitative estimate of drug-likeness (QED) is 0.654. The second-order valence-electron chi connectivity index (χ2n) is 6.88. The van der Waals surface area contributed by atoms with Gasteiger partial charge in [-0.2, -0.15) is 13.1 Å². The van der Waals surface area contributed by atoms with Crippen molar-refractivity contribution in [3.63, 3.8) is 0 Å². The Bertz CT molecular complexity index is 1080. The van der Waals surface area contributed by atoms with E-state index in [0.29, 0.717) is 18.7 Å². The van der Waals surface area contributed by atoms with E-state index < -0.39 is 32.7 Å². The molecule has 0 saturated carbocycles. The predicted octanol–water partition coefficient (Wildman–Crippen LogP) is 3.11. The van der Waals surface area contributed by atoms with E-state index in [1.165, 1.54) is 46.8 Å². The number of hydrogen-bond acceptors (Lipinski definition) is 5. The van der Waals surface area contributed by atoms with Crippen molar-refractivity contribution in [2.24, 2.45) is 0 Å². The largest absolute Gasteiger partial charge is 0.435 e. The number of ether oxygens (including phenoxy) is 1. The molecule has 1 atom stereocenters. The minimum absolute atomic E-state index is 0.0354. The molecule has 0 aliphatic carbocycles. The van der Waals surface area contributed by atoms with Crippen LogP contribution in [0.3, 0.4) is 0 Å². The van der Waals surface area contributed by atoms with Crippen LogP contribution in [0.2, 0.25) is 0 Å². The first kappa shape index (κ1) is 22.6. The van der Waals surface area contributed by atoms with E-state index in [4.69, 9.17) is 0 Å². The van der Waals surface area contributed by atoms with Gasteiger partial charge in [-0.25, -0.2) is 21.6 Å². The number of rotatable bonds is 8. The zero-order valence-corrected chi connectivity index (χ0v) is 17.8. The Morgan fingerprint density at radius 3 is 2.17 bits per heavy atom. The van der Waals surface area contributed by atoms with Crippen molar-refractivity contribution in [2.75, 3.05) is 13.1 Å². The first-order chi connectivity index (χ1) is 14.1. The molecule has 0 bridgehead atoms. The summed E-state index contributed by atoms with van der Waals surface area (Å²) in [5.41, 5.74) is 0.435. The van der Waals surface area contributed by atoms with Crippen LogP contribution in [-0.2, 0) is 20.0 Å². The lowest BCUT2D eigenvalue weighted by atomic mass is 10.1. The second-order valence-corrected chi connectivity index (χ2v) is 10.5. The molecule has 0 radical (unpaired) electrons. The molecule has 0 aromatic heterocycles. The van der Waals surface area contributed by atoms with Crippen molar-refractivity contribution in [2.45, 2.75) is 42.2 Å². The maximum Gasteiger partial charge on any atom is 0.387 e. The molecule has 1 N–H and O–H groups in total. The van der Waals surface area contributed by atoms with Crippen molar-refractivity contribution < 1.29 is 30.4 Å². The summed E-state index contributed by atoms with van der Waals surface area (Å²) in [6, 6.07) is 10.00. The van der Waals surface area contributed by atoms with Gasteiger partial charge in [0.1, 0.15) is 5.75 Å². The van der Waals surface area contributed by atoms with E-state index in [1.54, 1.807) is 13.0 Å². The van der Waals surface area contributed by atoms with E-state index in [9.17, 15) is 25.6 Å². The van der Waals surface area contributed by atoms with Crippen molar-refractivity contribution in [1.29, 1.82) is 0 Å². The predicted molar refractivity (Wildman–Crippen MR) is 106 cm³/mol. The molecule has 0 amide bonds. The number of sulfonamides is 2. The summed E-state index contributed by atoms with van der Waals surface area (Å²) >= 11 is 0. The van der Waals surface area contributed by atoms with Crippen molar-refractivity contribution >= 4 is 20.0 Å². The average molecular weight is 461 g/mol. The summed E-state index contributed by atoms with van der Waals surface area (Å²) in [7, 11) is -7.61. The third kappa shape index (κ3) is 5.15. The van der Waals surface area contributed by atoms with Gasteiger partial charge in [0.2, 0.25) is 20.0 Å². The van der Waals surface area contributed by atoms with E-state index in [0.717, 1.165) is 12.8 Å². The molecular formula is C19H22F2N2O5S2. The summed E-state index contributed by atoms with van der Waals surface area (Å²) in [4.78, 5) is -0.0667. The Morgan fingerprint density at radius 2 is 1.57 bits per heavy atom. The zero-order valence-electron chi connectivity index (χ0n) is 16.2. The fourth-order valence-electron chi connectivity index (χ4n) is 3.20. The number of hydrogen-bond donors (Lipinski definition) is 1. The van der Waals surface area contributed by atoms with Crippen molar-refractivity contribution in [3.8, 4) is 5.75 Å². The monoisotopic (exact) mass is 460 g/mol. The van der Waals surface area contributed by atoms with Crippen LogP contribution in [0, 0.1) is 0 Å². The van der Waals surface area contributed by atoms with E-state index in [2.05, 4.69) is 9.46 Å². The molecule has 1 saturated heterocycles. The van der Waals surface area contributed by atoms with Crippen molar-refractivity contribution in [1.82, 2.24) is 9.03 Å². The topological polar surface area (TPSA) is 92.8 Å². The summed E-state index contributed by atoms with van der Waals surface area (Å²) in [6.45, 7) is -0.515. The van der Waals surface area contributed by atoms with Crippen LogP contribution in [0.5, 0.6) is 5.75 Å². The third-order valence-corrected chi connectivity index (χ3v) is 8.22. The summed E-state index contributed by atoms with van der Waals surface area (Å²) in [5.74, 6) is -0.0787. The molecule has 11 heteroatoms. The molecule has 2 aromatic carbocycles. The molecular weight excluding hydrogens is 438 g/mol. The molecule has 3 rings (SSSR count). The third-order valence-electron chi connectivity index (χ3n) is 4.75. The van der Waals surface area contributed by atoms with E-state index in [1.807, 2.05) is 0 Å². The van der Waals surface area contributed by atoms with Crippen LogP contribution >= 0.6 is 0 Å². The normalized spacial score (nSPS) is 16.7. The molecule has 1 aliphatic heterocycles. The summed E-state index contributed by atoms with van der Waals surface area (Å²) in [6.07, 6.45) is 1.61. The van der Waals surface area contributed by atoms with Crippen LogP contribution in [-0.4, -0.2) is 40.8 Å². The van der Waals surface area contributed by atoms with Gasteiger partial charge in [-0.3, -0.25) is 0 Å². The summed E-state index contributed by atoms with van der Waals surface area (Å²) in [5, 5.41) is 0. The number of halogens is 2. The minimum atomic E-state index is -3.97. The highest BCUT2D eigenvalue weighted by Gasteiger charge is 2.28. The molecule has 1 aliphatic rings. The van der Waals surface area contributed by atoms with Crippen LogP contribution < -0.4 is 9.46 Å². The Balaban J connectivity index is 1.75. The lowest BCUT2D eigenvalue weighted by Crippen LogP contribution is -2.28. The van der Waals surface area contributed by atoms with Gasteiger partial charge in [0, 0.05) is 19.1 Å². The number of nitrogens with one attached hydrogen (secondary N) is 1. The highest BCUT2D eigenvalue weighted by Crippen LogP contribution is 2.24. The lowest BCUT2D eigenvalue weighted by molar-refractivity contribution is -0.0499. The molecule has 2 aromatic rings. The van der Waals surface area contributed by atoms with E-state index in [-0.39, 0.29) is 15.5 Å². The second kappa shape index (κ2) is 8.96. The number of nitrogens with zero attached hydrogens (tertiary/aromatic N) is 1. The fourth-order valence-corrected chi connectivity index (χ4v) is 5.95. The van der Waals surface area contributed by atoms with Gasteiger partial charge in [-0.15, -0.1) is 0 Å². The molecule has 30 heavy (non-hydrogen) atoms.